The molecule has 4 heteroatoms. The maximum Gasteiger partial charge on any atom is 0.291 e. The summed E-state index contributed by atoms with van der Waals surface area (Å²) in [4.78, 5) is 25.0. The Bertz CT molecular complexity index is 958. The minimum absolute atomic E-state index is 0.0208. The van der Waals surface area contributed by atoms with E-state index in [2.05, 4.69) is 45.9 Å². The Kier molecular flexibility index (Phi) is 6.77. The number of methoxy groups -OCH3 is 1. The third kappa shape index (κ3) is 4.17. The predicted molar refractivity (Wildman–Crippen MR) is 118 cm³/mol. The Labute approximate surface area is 174 Å². The number of carbonyl (C=O) groups excluding carboxylic acids is 1. The number of allylic oxidation sites excluding steroid dienone is 6. The van der Waals surface area contributed by atoms with Gasteiger partial charge in [0.05, 0.1) is 18.1 Å². The molecule has 0 unspecified atom stereocenters. The molecule has 1 heterocycles. The average Bonchev–Trinajstić information content (AvgIpc) is 2.64. The van der Waals surface area contributed by atoms with Gasteiger partial charge in [-0.2, -0.15) is 0 Å². The van der Waals surface area contributed by atoms with Crippen LogP contribution in [0.3, 0.4) is 0 Å². The van der Waals surface area contributed by atoms with Gasteiger partial charge in [-0.1, -0.05) is 48.8 Å². The van der Waals surface area contributed by atoms with Crippen molar-refractivity contribution in [3.05, 3.63) is 62.1 Å². The second kappa shape index (κ2) is 8.56. The molecule has 1 aliphatic carbocycles. The van der Waals surface area contributed by atoms with Gasteiger partial charge >= 0.3 is 0 Å². The highest BCUT2D eigenvalue weighted by molar-refractivity contribution is 5.82. The fourth-order valence-corrected chi connectivity index (χ4v) is 4.88. The number of rotatable bonds is 6. The number of ketones is 1. The van der Waals surface area contributed by atoms with E-state index in [1.165, 1.54) is 12.7 Å². The van der Waals surface area contributed by atoms with E-state index in [0.717, 1.165) is 11.1 Å². The van der Waals surface area contributed by atoms with Crippen LogP contribution in [0.5, 0.6) is 5.95 Å². The highest BCUT2D eigenvalue weighted by Crippen LogP contribution is 2.47. The minimum atomic E-state index is -0.567. The summed E-state index contributed by atoms with van der Waals surface area (Å²) in [6.45, 7) is 15.7. The van der Waals surface area contributed by atoms with E-state index in [-0.39, 0.29) is 29.0 Å². The molecule has 0 radical (unpaired) electrons. The fourth-order valence-electron chi connectivity index (χ4n) is 4.88. The van der Waals surface area contributed by atoms with Gasteiger partial charge in [0.15, 0.2) is 5.43 Å². The van der Waals surface area contributed by atoms with Crippen molar-refractivity contribution < 1.29 is 13.9 Å². The summed E-state index contributed by atoms with van der Waals surface area (Å²) in [7, 11) is 1.51. The molecular weight excluding hydrogens is 364 g/mol. The highest BCUT2D eigenvalue weighted by atomic mass is 16.6. The molecule has 0 fully saturated rings. The van der Waals surface area contributed by atoms with E-state index in [1.807, 2.05) is 20.8 Å². The first-order valence-electron chi connectivity index (χ1n) is 10.2. The molecular formula is C25H34O4. The van der Waals surface area contributed by atoms with Gasteiger partial charge in [-0.25, -0.2) is 0 Å². The van der Waals surface area contributed by atoms with Crippen molar-refractivity contribution in [1.29, 1.82) is 0 Å². The van der Waals surface area contributed by atoms with Crippen LogP contribution in [0.15, 0.2) is 44.2 Å². The molecule has 0 aromatic carbocycles. The third-order valence-corrected chi connectivity index (χ3v) is 6.06. The third-order valence-electron chi connectivity index (χ3n) is 6.06. The van der Waals surface area contributed by atoms with E-state index in [0.29, 0.717) is 23.3 Å². The standard InChI is InChI=1S/C25H34O4/c1-10-20(26)15(3)12-17(5)21-16(4)11-14(2)13-25(21,8)23-18(6)22(27)19(7)24(28-9)29-23/h11-13,15,21H,10H2,1-9H3/b17-12+/t15-,21+,25+/m0/s1. The van der Waals surface area contributed by atoms with Crippen LogP contribution >= 0.6 is 0 Å². The fraction of sp³-hybridized carbons (Fsp3) is 0.520. The first-order valence-corrected chi connectivity index (χ1v) is 10.2. The zero-order valence-electron chi connectivity index (χ0n) is 19.2. The van der Waals surface area contributed by atoms with E-state index in [9.17, 15) is 9.59 Å². The van der Waals surface area contributed by atoms with Crippen molar-refractivity contribution in [3.63, 3.8) is 0 Å². The van der Waals surface area contributed by atoms with Crippen LogP contribution in [0.25, 0.3) is 0 Å². The van der Waals surface area contributed by atoms with Crippen LogP contribution in [-0.2, 0) is 10.2 Å². The molecule has 158 valence electrons. The molecule has 1 aliphatic rings. The molecule has 0 N–H and O–H groups in total. The topological polar surface area (TPSA) is 56.5 Å². The molecule has 3 atom stereocenters. The number of Topliss-reactive ketones (excluding diaryl/α,β-unsaturated/α-hetero) is 1. The van der Waals surface area contributed by atoms with Crippen molar-refractivity contribution >= 4 is 5.78 Å². The van der Waals surface area contributed by atoms with Crippen molar-refractivity contribution in [2.45, 2.75) is 67.2 Å². The van der Waals surface area contributed by atoms with Crippen LogP contribution in [0.1, 0.15) is 64.9 Å². The molecule has 0 saturated carbocycles. The molecule has 0 bridgehead atoms. The lowest BCUT2D eigenvalue weighted by molar-refractivity contribution is -0.120. The number of hydrogen-bond donors (Lipinski definition) is 0. The zero-order valence-corrected chi connectivity index (χ0v) is 19.2. The zero-order chi connectivity index (χ0) is 22.1. The van der Waals surface area contributed by atoms with Gasteiger partial charge in [-0.15, -0.1) is 0 Å². The second-order valence-electron chi connectivity index (χ2n) is 8.51. The Balaban J connectivity index is 2.74. The van der Waals surface area contributed by atoms with Gasteiger partial charge < -0.3 is 9.15 Å². The smallest absolute Gasteiger partial charge is 0.291 e. The Morgan fingerprint density at radius 2 is 1.90 bits per heavy atom. The molecule has 0 aliphatic heterocycles. The SMILES string of the molecule is CCC(=O)[C@@H](C)/C=C(\C)[C@H]1C(C)=CC(C)=C[C@@]1(C)c1oc(OC)c(C)c(=O)c1C. The minimum Gasteiger partial charge on any atom is -0.468 e. The molecule has 4 nitrogen and oxygen atoms in total. The lowest BCUT2D eigenvalue weighted by atomic mass is 9.64. The molecule has 1 aromatic heterocycles. The van der Waals surface area contributed by atoms with Crippen LogP contribution in [0, 0.1) is 25.7 Å². The van der Waals surface area contributed by atoms with E-state index >= 15 is 0 Å². The van der Waals surface area contributed by atoms with Crippen LogP contribution in [0.4, 0.5) is 0 Å². The second-order valence-corrected chi connectivity index (χ2v) is 8.51. The van der Waals surface area contributed by atoms with Gasteiger partial charge in [-0.05, 0) is 41.5 Å². The maximum atomic E-state index is 12.9. The first-order chi connectivity index (χ1) is 13.5. The average molecular weight is 399 g/mol. The summed E-state index contributed by atoms with van der Waals surface area (Å²) in [6, 6.07) is 0. The van der Waals surface area contributed by atoms with Crippen molar-refractivity contribution in [1.82, 2.24) is 0 Å². The maximum absolute atomic E-state index is 12.9. The Morgan fingerprint density at radius 3 is 2.45 bits per heavy atom. The van der Waals surface area contributed by atoms with Gasteiger partial charge in [0.1, 0.15) is 11.5 Å². The Morgan fingerprint density at radius 1 is 1.28 bits per heavy atom. The molecule has 0 saturated heterocycles. The quantitative estimate of drug-likeness (QED) is 0.585. The number of ether oxygens (including phenoxy) is 1. The van der Waals surface area contributed by atoms with Gasteiger partial charge in [0.2, 0.25) is 0 Å². The summed E-state index contributed by atoms with van der Waals surface area (Å²) in [5.74, 6) is 0.918. The largest absolute Gasteiger partial charge is 0.468 e. The summed E-state index contributed by atoms with van der Waals surface area (Å²) >= 11 is 0. The normalized spacial score (nSPS) is 23.3. The van der Waals surface area contributed by atoms with Gasteiger partial charge in [0, 0.05) is 23.8 Å². The summed E-state index contributed by atoms with van der Waals surface area (Å²) < 4.78 is 11.5. The molecule has 0 spiro atoms. The first kappa shape index (κ1) is 22.9. The summed E-state index contributed by atoms with van der Waals surface area (Å²) in [6.07, 6.45) is 6.90. The predicted octanol–water partition coefficient (Wildman–Crippen LogP) is 5.61. The van der Waals surface area contributed by atoms with Gasteiger partial charge in [0.25, 0.3) is 5.95 Å². The van der Waals surface area contributed by atoms with Gasteiger partial charge in [-0.3, -0.25) is 9.59 Å². The van der Waals surface area contributed by atoms with Crippen LogP contribution < -0.4 is 10.2 Å². The molecule has 0 amide bonds. The number of hydrogen-bond acceptors (Lipinski definition) is 4. The van der Waals surface area contributed by atoms with Crippen molar-refractivity contribution in [3.8, 4) is 5.95 Å². The lowest BCUT2D eigenvalue weighted by Gasteiger charge is -2.40. The number of carbonyl (C=O) groups is 1. The monoisotopic (exact) mass is 398 g/mol. The molecule has 1 aromatic rings. The van der Waals surface area contributed by atoms with E-state index < -0.39 is 5.41 Å². The molecule has 2 rings (SSSR count). The lowest BCUT2D eigenvalue weighted by Crippen LogP contribution is -2.36. The molecule has 29 heavy (non-hydrogen) atoms. The van der Waals surface area contributed by atoms with Crippen molar-refractivity contribution in [2.75, 3.05) is 7.11 Å². The van der Waals surface area contributed by atoms with Crippen LogP contribution in [-0.4, -0.2) is 12.9 Å². The Hall–Kier alpha value is -2.36. The summed E-state index contributed by atoms with van der Waals surface area (Å²) in [5, 5.41) is 0. The summed E-state index contributed by atoms with van der Waals surface area (Å²) in [5.41, 5.74) is 3.85. The van der Waals surface area contributed by atoms with E-state index in [1.54, 1.807) is 6.92 Å². The van der Waals surface area contributed by atoms with E-state index in [4.69, 9.17) is 9.15 Å². The van der Waals surface area contributed by atoms with Crippen molar-refractivity contribution in [2.24, 2.45) is 11.8 Å². The highest BCUT2D eigenvalue weighted by Gasteiger charge is 2.42. The van der Waals surface area contributed by atoms with Crippen LogP contribution in [0.2, 0.25) is 0 Å².